The number of piperazine rings is 1. The Hall–Kier alpha value is -2.00. The molecule has 3 fully saturated rings. The zero-order valence-corrected chi connectivity index (χ0v) is 16.5. The van der Waals surface area contributed by atoms with Crippen molar-refractivity contribution in [3.8, 4) is 0 Å². The fourth-order valence-electron chi connectivity index (χ4n) is 5.05. The van der Waals surface area contributed by atoms with Crippen LogP contribution in [0.2, 0.25) is 0 Å². The lowest BCUT2D eigenvalue weighted by Gasteiger charge is -2.35. The maximum absolute atomic E-state index is 12.8. The van der Waals surface area contributed by atoms with E-state index in [2.05, 4.69) is 0 Å². The molecular formula is C19H25N3O5S. The SMILES string of the molecule is O=C(C[C@@H]1C[C@H]2CC[C@@H]1C2)N1CCN(S(=O)(=O)c2ccc([N+](=O)[O-])cc2)CC1. The second-order valence-electron chi connectivity index (χ2n) is 8.17. The average molecular weight is 407 g/mol. The van der Waals surface area contributed by atoms with E-state index in [-0.39, 0.29) is 29.6 Å². The minimum absolute atomic E-state index is 0.0415. The zero-order chi connectivity index (χ0) is 19.9. The van der Waals surface area contributed by atoms with Crippen molar-refractivity contribution in [1.82, 2.24) is 9.21 Å². The standard InChI is InChI=1S/C19H25N3O5S/c23-19(13-16-12-14-1-2-15(16)11-14)20-7-9-21(10-8-20)28(26,27)18-5-3-17(4-6-18)22(24)25/h3-6,14-16H,1-2,7-13H2/t14-,15+,16-/m0/s1. The summed E-state index contributed by atoms with van der Waals surface area (Å²) in [7, 11) is -3.71. The van der Waals surface area contributed by atoms with Gasteiger partial charge in [-0.1, -0.05) is 6.42 Å². The number of non-ortho nitro benzene ring substituents is 1. The monoisotopic (exact) mass is 407 g/mol. The molecule has 1 saturated heterocycles. The predicted molar refractivity (Wildman–Crippen MR) is 102 cm³/mol. The van der Waals surface area contributed by atoms with E-state index in [9.17, 15) is 23.3 Å². The summed E-state index contributed by atoms with van der Waals surface area (Å²) in [6.45, 7) is 1.29. The lowest BCUT2D eigenvalue weighted by molar-refractivity contribution is -0.384. The van der Waals surface area contributed by atoms with Crippen molar-refractivity contribution in [2.75, 3.05) is 26.2 Å². The van der Waals surface area contributed by atoms with Crippen molar-refractivity contribution in [3.63, 3.8) is 0 Å². The summed E-state index contributed by atoms with van der Waals surface area (Å²) < 4.78 is 26.9. The number of nitro groups is 1. The lowest BCUT2D eigenvalue weighted by Crippen LogP contribution is -2.50. The van der Waals surface area contributed by atoms with Crippen LogP contribution in [0.25, 0.3) is 0 Å². The Morgan fingerprint density at radius 1 is 1.07 bits per heavy atom. The quantitative estimate of drug-likeness (QED) is 0.550. The third-order valence-electron chi connectivity index (χ3n) is 6.60. The van der Waals surface area contributed by atoms with Crippen LogP contribution in [0.5, 0.6) is 0 Å². The van der Waals surface area contributed by atoms with Gasteiger partial charge in [-0.05, 0) is 49.1 Å². The summed E-state index contributed by atoms with van der Waals surface area (Å²) in [4.78, 5) is 24.7. The van der Waals surface area contributed by atoms with Gasteiger partial charge in [0.15, 0.2) is 0 Å². The van der Waals surface area contributed by atoms with Crippen LogP contribution in [0.4, 0.5) is 5.69 Å². The van der Waals surface area contributed by atoms with E-state index in [1.54, 1.807) is 4.90 Å². The first-order chi connectivity index (χ1) is 13.3. The fraction of sp³-hybridized carbons (Fsp3) is 0.632. The van der Waals surface area contributed by atoms with Crippen molar-refractivity contribution in [3.05, 3.63) is 34.4 Å². The molecule has 9 heteroatoms. The summed E-state index contributed by atoms with van der Waals surface area (Å²) in [6.07, 6.45) is 5.61. The topological polar surface area (TPSA) is 101 Å². The molecule has 1 aromatic carbocycles. The van der Waals surface area contributed by atoms with Gasteiger partial charge in [0.1, 0.15) is 0 Å². The number of sulfonamides is 1. The molecule has 4 rings (SSSR count). The minimum Gasteiger partial charge on any atom is -0.340 e. The van der Waals surface area contributed by atoms with Crippen LogP contribution in [0.15, 0.2) is 29.2 Å². The van der Waals surface area contributed by atoms with Crippen LogP contribution in [0, 0.1) is 27.9 Å². The maximum Gasteiger partial charge on any atom is 0.269 e. The Bertz CT molecular complexity index is 862. The third kappa shape index (κ3) is 3.65. The number of fused-ring (bicyclic) bond motifs is 2. The summed E-state index contributed by atoms with van der Waals surface area (Å²) in [5.74, 6) is 2.17. The van der Waals surface area contributed by atoms with Crippen LogP contribution >= 0.6 is 0 Å². The number of nitro benzene ring substituents is 1. The zero-order valence-electron chi connectivity index (χ0n) is 15.7. The smallest absolute Gasteiger partial charge is 0.269 e. The first kappa shape index (κ1) is 19.3. The van der Waals surface area contributed by atoms with E-state index < -0.39 is 14.9 Å². The first-order valence-corrected chi connectivity index (χ1v) is 11.3. The number of hydrogen-bond acceptors (Lipinski definition) is 5. The highest BCUT2D eigenvalue weighted by atomic mass is 32.2. The normalized spacial score (nSPS) is 27.9. The van der Waals surface area contributed by atoms with Gasteiger partial charge in [-0.3, -0.25) is 14.9 Å². The molecule has 0 N–H and O–H groups in total. The number of carbonyl (C=O) groups excluding carboxylic acids is 1. The Morgan fingerprint density at radius 2 is 1.75 bits per heavy atom. The Labute approximate surface area is 164 Å². The van der Waals surface area contributed by atoms with Gasteiger partial charge in [0.2, 0.25) is 15.9 Å². The van der Waals surface area contributed by atoms with Crippen molar-refractivity contribution in [1.29, 1.82) is 0 Å². The molecule has 8 nitrogen and oxygen atoms in total. The summed E-state index contributed by atoms with van der Waals surface area (Å²) in [5, 5.41) is 10.7. The van der Waals surface area contributed by atoms with Crippen molar-refractivity contribution < 1.29 is 18.1 Å². The molecule has 2 saturated carbocycles. The van der Waals surface area contributed by atoms with Crippen LogP contribution in [0.1, 0.15) is 32.1 Å². The second-order valence-corrected chi connectivity index (χ2v) is 10.1. The number of benzene rings is 1. The highest BCUT2D eigenvalue weighted by molar-refractivity contribution is 7.89. The predicted octanol–water partition coefficient (Wildman–Crippen LogP) is 2.25. The molecule has 0 unspecified atom stereocenters. The number of rotatable bonds is 5. The van der Waals surface area contributed by atoms with E-state index in [1.807, 2.05) is 0 Å². The van der Waals surface area contributed by atoms with E-state index in [0.717, 1.165) is 5.92 Å². The van der Waals surface area contributed by atoms with E-state index in [1.165, 1.54) is 54.3 Å². The molecule has 2 aliphatic carbocycles. The molecule has 0 spiro atoms. The maximum atomic E-state index is 12.8. The molecule has 1 heterocycles. The van der Waals surface area contributed by atoms with Crippen molar-refractivity contribution in [2.24, 2.45) is 17.8 Å². The molecule has 2 bridgehead atoms. The third-order valence-corrected chi connectivity index (χ3v) is 8.51. The lowest BCUT2D eigenvalue weighted by atomic mass is 9.86. The summed E-state index contributed by atoms with van der Waals surface area (Å²) in [5.41, 5.74) is -0.144. The summed E-state index contributed by atoms with van der Waals surface area (Å²) in [6, 6.07) is 4.92. The largest absolute Gasteiger partial charge is 0.340 e. The molecule has 1 aromatic rings. The van der Waals surface area contributed by atoms with Gasteiger partial charge in [0.25, 0.3) is 5.69 Å². The Kier molecular flexibility index (Phi) is 5.13. The Morgan fingerprint density at radius 3 is 2.29 bits per heavy atom. The van der Waals surface area contributed by atoms with E-state index in [0.29, 0.717) is 31.3 Å². The van der Waals surface area contributed by atoms with Gasteiger partial charge in [-0.25, -0.2) is 8.42 Å². The van der Waals surface area contributed by atoms with Crippen LogP contribution < -0.4 is 0 Å². The highest BCUT2D eigenvalue weighted by Crippen LogP contribution is 2.49. The fourth-order valence-corrected chi connectivity index (χ4v) is 6.47. The molecule has 1 amide bonds. The van der Waals surface area contributed by atoms with E-state index in [4.69, 9.17) is 0 Å². The highest BCUT2D eigenvalue weighted by Gasteiger charge is 2.41. The van der Waals surface area contributed by atoms with Gasteiger partial charge in [0, 0.05) is 44.7 Å². The molecular weight excluding hydrogens is 382 g/mol. The molecule has 152 valence electrons. The van der Waals surface area contributed by atoms with Gasteiger partial charge >= 0.3 is 0 Å². The van der Waals surface area contributed by atoms with E-state index >= 15 is 0 Å². The minimum atomic E-state index is -3.71. The number of nitrogens with zero attached hydrogens (tertiary/aromatic N) is 3. The molecule has 3 aliphatic rings. The van der Waals surface area contributed by atoms with Crippen molar-refractivity contribution >= 4 is 21.6 Å². The molecule has 28 heavy (non-hydrogen) atoms. The second kappa shape index (κ2) is 7.44. The number of carbonyl (C=O) groups is 1. The van der Waals surface area contributed by atoms with Crippen LogP contribution in [-0.4, -0.2) is 54.6 Å². The molecule has 0 radical (unpaired) electrons. The van der Waals surface area contributed by atoms with Gasteiger partial charge in [-0.15, -0.1) is 0 Å². The van der Waals surface area contributed by atoms with Crippen LogP contribution in [0.3, 0.4) is 0 Å². The van der Waals surface area contributed by atoms with Crippen molar-refractivity contribution in [2.45, 2.75) is 37.0 Å². The van der Waals surface area contributed by atoms with Crippen LogP contribution in [-0.2, 0) is 14.8 Å². The average Bonchev–Trinajstić information content (AvgIpc) is 3.31. The number of hydrogen-bond donors (Lipinski definition) is 0. The molecule has 0 aromatic heterocycles. The molecule has 1 aliphatic heterocycles. The van der Waals surface area contributed by atoms with Gasteiger partial charge in [-0.2, -0.15) is 4.31 Å². The summed E-state index contributed by atoms with van der Waals surface area (Å²) >= 11 is 0. The van der Waals surface area contributed by atoms with Gasteiger partial charge < -0.3 is 4.90 Å². The Balaban J connectivity index is 1.34. The number of amides is 1. The van der Waals surface area contributed by atoms with Gasteiger partial charge in [0.05, 0.1) is 9.82 Å². The molecule has 3 atom stereocenters. The first-order valence-electron chi connectivity index (χ1n) is 9.87.